The summed E-state index contributed by atoms with van der Waals surface area (Å²) >= 11 is 5.79. The summed E-state index contributed by atoms with van der Waals surface area (Å²) in [7, 11) is 1.87. The van der Waals surface area contributed by atoms with E-state index in [9.17, 15) is 4.39 Å². The van der Waals surface area contributed by atoms with E-state index in [4.69, 9.17) is 11.6 Å². The van der Waals surface area contributed by atoms with E-state index < -0.39 is 5.82 Å². The molecule has 2 heterocycles. The summed E-state index contributed by atoms with van der Waals surface area (Å²) in [5, 5.41) is 0.100. The van der Waals surface area contributed by atoms with Crippen molar-refractivity contribution in [3.63, 3.8) is 0 Å². The first-order valence-electron chi connectivity index (χ1n) is 5.38. The van der Waals surface area contributed by atoms with Crippen LogP contribution >= 0.6 is 11.6 Å². The summed E-state index contributed by atoms with van der Waals surface area (Å²) in [6, 6.07) is 6.67. The van der Waals surface area contributed by atoms with Crippen LogP contribution in [-0.2, 0) is 7.05 Å². The van der Waals surface area contributed by atoms with Gasteiger partial charge in [0.15, 0.2) is 0 Å². The van der Waals surface area contributed by atoms with Gasteiger partial charge >= 0.3 is 0 Å². The average molecular weight is 262 g/mol. The molecule has 0 aliphatic carbocycles. The molecule has 0 aliphatic rings. The standard InChI is InChI=1S/C13H9ClFN3/c1-18-12-5-9(14)10(15)6-11(12)17-13(18)8-3-2-4-16-7-8/h2-7H,1H3. The van der Waals surface area contributed by atoms with Crippen molar-refractivity contribution < 1.29 is 4.39 Å². The molecule has 18 heavy (non-hydrogen) atoms. The zero-order chi connectivity index (χ0) is 12.7. The third-order valence-electron chi connectivity index (χ3n) is 2.84. The van der Waals surface area contributed by atoms with Crippen LogP contribution in [0.25, 0.3) is 22.4 Å². The van der Waals surface area contributed by atoms with Crippen LogP contribution in [-0.4, -0.2) is 14.5 Å². The maximum absolute atomic E-state index is 13.4. The summed E-state index contributed by atoms with van der Waals surface area (Å²) in [4.78, 5) is 8.46. The van der Waals surface area contributed by atoms with Crippen molar-refractivity contribution in [1.29, 1.82) is 0 Å². The van der Waals surface area contributed by atoms with Crippen molar-refractivity contribution in [1.82, 2.24) is 14.5 Å². The Balaban J connectivity index is 2.30. The van der Waals surface area contributed by atoms with Crippen LogP contribution < -0.4 is 0 Å². The number of nitrogens with zero attached hydrogens (tertiary/aromatic N) is 3. The number of halogens is 2. The Hall–Kier alpha value is -1.94. The molecule has 0 amide bonds. The summed E-state index contributed by atoms with van der Waals surface area (Å²) in [5.41, 5.74) is 2.26. The maximum atomic E-state index is 13.4. The molecule has 0 aliphatic heterocycles. The first-order valence-corrected chi connectivity index (χ1v) is 5.76. The van der Waals surface area contributed by atoms with Gasteiger partial charge in [-0.2, -0.15) is 0 Å². The van der Waals surface area contributed by atoms with E-state index in [-0.39, 0.29) is 5.02 Å². The highest BCUT2D eigenvalue weighted by atomic mass is 35.5. The van der Waals surface area contributed by atoms with Crippen LogP contribution in [0, 0.1) is 5.82 Å². The van der Waals surface area contributed by atoms with Crippen LogP contribution in [0.4, 0.5) is 4.39 Å². The lowest BCUT2D eigenvalue weighted by Gasteiger charge is -2.01. The van der Waals surface area contributed by atoms with Crippen LogP contribution in [0.15, 0.2) is 36.7 Å². The van der Waals surface area contributed by atoms with Crippen molar-refractivity contribution in [3.8, 4) is 11.4 Å². The molecule has 0 atom stereocenters. The van der Waals surface area contributed by atoms with Crippen molar-refractivity contribution in [3.05, 3.63) is 47.5 Å². The fraction of sp³-hybridized carbons (Fsp3) is 0.0769. The molecule has 0 N–H and O–H groups in total. The molecular weight excluding hydrogens is 253 g/mol. The molecule has 0 saturated heterocycles. The van der Waals surface area contributed by atoms with Gasteiger partial charge < -0.3 is 4.57 Å². The zero-order valence-corrected chi connectivity index (χ0v) is 10.3. The van der Waals surface area contributed by atoms with Gasteiger partial charge in [0.1, 0.15) is 11.6 Å². The fourth-order valence-corrected chi connectivity index (χ4v) is 2.10. The van der Waals surface area contributed by atoms with E-state index in [0.29, 0.717) is 5.52 Å². The minimum Gasteiger partial charge on any atom is -0.327 e. The van der Waals surface area contributed by atoms with E-state index >= 15 is 0 Å². The predicted molar refractivity (Wildman–Crippen MR) is 68.9 cm³/mol. The highest BCUT2D eigenvalue weighted by Gasteiger charge is 2.12. The minimum atomic E-state index is -0.458. The number of pyridine rings is 1. The molecule has 2 aromatic heterocycles. The lowest BCUT2D eigenvalue weighted by molar-refractivity contribution is 0.630. The normalized spacial score (nSPS) is 11.1. The zero-order valence-electron chi connectivity index (χ0n) is 9.56. The number of hydrogen-bond donors (Lipinski definition) is 0. The quantitative estimate of drug-likeness (QED) is 0.672. The van der Waals surface area contributed by atoms with Gasteiger partial charge in [-0.25, -0.2) is 9.37 Å². The summed E-state index contributed by atoms with van der Waals surface area (Å²) in [5.74, 6) is 0.278. The van der Waals surface area contributed by atoms with Gasteiger partial charge in [0.05, 0.1) is 16.1 Å². The highest BCUT2D eigenvalue weighted by molar-refractivity contribution is 6.31. The Morgan fingerprint density at radius 2 is 2.17 bits per heavy atom. The van der Waals surface area contributed by atoms with Gasteiger partial charge in [0, 0.05) is 31.1 Å². The summed E-state index contributed by atoms with van der Waals surface area (Å²) in [6.45, 7) is 0. The molecule has 0 radical (unpaired) electrons. The first kappa shape index (κ1) is 11.2. The van der Waals surface area contributed by atoms with E-state index in [2.05, 4.69) is 9.97 Å². The Morgan fingerprint density at radius 3 is 2.89 bits per heavy atom. The van der Waals surface area contributed by atoms with Gasteiger partial charge in [-0.3, -0.25) is 4.98 Å². The number of benzene rings is 1. The Kier molecular flexibility index (Phi) is 2.52. The monoisotopic (exact) mass is 261 g/mol. The number of aromatic nitrogens is 3. The van der Waals surface area contributed by atoms with Gasteiger partial charge in [0.2, 0.25) is 0 Å². The molecule has 0 unspecified atom stereocenters. The van der Waals surface area contributed by atoms with Gasteiger partial charge in [-0.15, -0.1) is 0 Å². The van der Waals surface area contributed by atoms with Crippen molar-refractivity contribution in [2.45, 2.75) is 0 Å². The molecule has 5 heteroatoms. The lowest BCUT2D eigenvalue weighted by atomic mass is 10.3. The summed E-state index contributed by atoms with van der Waals surface area (Å²) in [6.07, 6.45) is 3.42. The molecule has 3 aromatic rings. The second-order valence-electron chi connectivity index (χ2n) is 3.99. The third-order valence-corrected chi connectivity index (χ3v) is 3.13. The SMILES string of the molecule is Cn1c(-c2cccnc2)nc2cc(F)c(Cl)cc21. The molecule has 1 aromatic carbocycles. The number of rotatable bonds is 1. The molecule has 0 bridgehead atoms. The predicted octanol–water partition coefficient (Wildman–Crippen LogP) is 3.43. The second-order valence-corrected chi connectivity index (χ2v) is 4.40. The van der Waals surface area contributed by atoms with Crippen molar-refractivity contribution >= 4 is 22.6 Å². The van der Waals surface area contributed by atoms with Crippen LogP contribution in [0.2, 0.25) is 5.02 Å². The summed E-state index contributed by atoms with van der Waals surface area (Å²) < 4.78 is 15.3. The van der Waals surface area contributed by atoms with Crippen molar-refractivity contribution in [2.24, 2.45) is 7.05 Å². The molecule has 0 fully saturated rings. The molecule has 0 saturated carbocycles. The topological polar surface area (TPSA) is 30.7 Å². The van der Waals surface area contributed by atoms with Gasteiger partial charge in [0.25, 0.3) is 0 Å². The highest BCUT2D eigenvalue weighted by Crippen LogP contribution is 2.26. The molecule has 3 rings (SSSR count). The van der Waals surface area contributed by atoms with Crippen LogP contribution in [0.1, 0.15) is 0 Å². The number of aryl methyl sites for hydroxylation is 1. The maximum Gasteiger partial charge on any atom is 0.144 e. The van der Waals surface area contributed by atoms with E-state index in [0.717, 1.165) is 16.9 Å². The molecular formula is C13H9ClFN3. The van der Waals surface area contributed by atoms with Crippen LogP contribution in [0.5, 0.6) is 0 Å². The average Bonchev–Trinajstić information content (AvgIpc) is 2.69. The van der Waals surface area contributed by atoms with E-state index in [1.807, 2.05) is 23.7 Å². The van der Waals surface area contributed by atoms with E-state index in [1.165, 1.54) is 6.07 Å². The first-order chi connectivity index (χ1) is 8.66. The lowest BCUT2D eigenvalue weighted by Crippen LogP contribution is -1.92. The largest absolute Gasteiger partial charge is 0.327 e. The van der Waals surface area contributed by atoms with Gasteiger partial charge in [-0.05, 0) is 18.2 Å². The van der Waals surface area contributed by atoms with Gasteiger partial charge in [-0.1, -0.05) is 11.6 Å². The number of hydrogen-bond acceptors (Lipinski definition) is 2. The third kappa shape index (κ3) is 1.66. The fourth-order valence-electron chi connectivity index (χ4n) is 1.94. The molecule has 3 nitrogen and oxygen atoms in total. The van der Waals surface area contributed by atoms with Crippen molar-refractivity contribution in [2.75, 3.05) is 0 Å². The number of fused-ring (bicyclic) bond motifs is 1. The number of imidazole rings is 1. The van der Waals surface area contributed by atoms with E-state index in [1.54, 1.807) is 18.5 Å². The smallest absolute Gasteiger partial charge is 0.144 e. The second kappa shape index (κ2) is 4.07. The minimum absolute atomic E-state index is 0.100. The Labute approximate surface area is 108 Å². The molecule has 0 spiro atoms. The Bertz CT molecular complexity index is 722. The molecule has 90 valence electrons. The Morgan fingerprint density at radius 1 is 1.33 bits per heavy atom. The van der Waals surface area contributed by atoms with Crippen LogP contribution in [0.3, 0.4) is 0 Å².